The number of aliphatic hydroxyl groups excluding tert-OH is 2. The molecule has 6 heteroatoms. The second kappa shape index (κ2) is 4.60. The highest BCUT2D eigenvalue weighted by Gasteiger charge is 2.33. The number of rotatable bonds is 3. The van der Waals surface area contributed by atoms with E-state index >= 15 is 0 Å². The summed E-state index contributed by atoms with van der Waals surface area (Å²) < 4.78 is 10.7. The number of ether oxygens (including phenoxy) is 2. The van der Waals surface area contributed by atoms with Gasteiger partial charge in [0.25, 0.3) is 0 Å². The van der Waals surface area contributed by atoms with Crippen LogP contribution in [0.2, 0.25) is 0 Å². The Morgan fingerprint density at radius 1 is 1.18 bits per heavy atom. The molecule has 92 valence electrons. The van der Waals surface area contributed by atoms with Crippen molar-refractivity contribution in [1.29, 1.82) is 0 Å². The van der Waals surface area contributed by atoms with Crippen LogP contribution in [0.4, 0.5) is 0 Å². The van der Waals surface area contributed by atoms with Crippen LogP contribution in [0.1, 0.15) is 10.4 Å². The predicted molar refractivity (Wildman–Crippen MR) is 56.4 cm³/mol. The molecule has 6 nitrogen and oxygen atoms in total. The van der Waals surface area contributed by atoms with Crippen LogP contribution in [0, 0.1) is 0 Å². The second-order valence-corrected chi connectivity index (χ2v) is 3.62. The van der Waals surface area contributed by atoms with Crippen LogP contribution < -0.4 is 9.47 Å². The third kappa shape index (κ3) is 2.04. The molecular weight excluding hydrogens is 228 g/mol. The third-order valence-electron chi connectivity index (χ3n) is 2.53. The number of benzene rings is 1. The number of para-hydroxylation sites is 1. The Morgan fingerprint density at radius 2 is 1.82 bits per heavy atom. The van der Waals surface area contributed by atoms with Crippen molar-refractivity contribution >= 4 is 5.97 Å². The van der Waals surface area contributed by atoms with Crippen LogP contribution in [0.15, 0.2) is 18.2 Å². The maximum atomic E-state index is 11.0. The maximum absolute atomic E-state index is 11.0. The highest BCUT2D eigenvalue weighted by atomic mass is 16.6. The molecule has 0 radical (unpaired) electrons. The number of aliphatic hydroxyl groups is 2. The standard InChI is InChI=1S/C11H12O6/c12-4-8-9(5-13)17-10-6(11(14)15)2-1-3-7(10)16-8/h1-3,8-9,12-13H,4-5H2,(H,14,15)/t8-,9-/m0/s1. The molecule has 17 heavy (non-hydrogen) atoms. The summed E-state index contributed by atoms with van der Waals surface area (Å²) in [5, 5.41) is 27.1. The van der Waals surface area contributed by atoms with Crippen LogP contribution in [0.3, 0.4) is 0 Å². The first-order valence-corrected chi connectivity index (χ1v) is 5.08. The molecule has 0 spiro atoms. The lowest BCUT2D eigenvalue weighted by atomic mass is 10.1. The van der Waals surface area contributed by atoms with Gasteiger partial charge in [-0.3, -0.25) is 0 Å². The first-order chi connectivity index (χ1) is 8.17. The molecule has 0 aliphatic carbocycles. The molecule has 2 atom stereocenters. The molecule has 1 aromatic rings. The van der Waals surface area contributed by atoms with Crippen molar-refractivity contribution in [1.82, 2.24) is 0 Å². The Hall–Kier alpha value is -1.79. The molecule has 2 rings (SSSR count). The first kappa shape index (κ1) is 11.7. The number of carboxylic acid groups (broad SMARTS) is 1. The van der Waals surface area contributed by atoms with Gasteiger partial charge in [-0.1, -0.05) is 6.07 Å². The quantitative estimate of drug-likeness (QED) is 0.681. The number of carbonyl (C=O) groups is 1. The highest BCUT2D eigenvalue weighted by molar-refractivity contribution is 5.92. The number of hydrogen-bond acceptors (Lipinski definition) is 5. The summed E-state index contributed by atoms with van der Waals surface area (Å²) in [6, 6.07) is 4.47. The van der Waals surface area contributed by atoms with Gasteiger partial charge >= 0.3 is 5.97 Å². The van der Waals surface area contributed by atoms with Crippen molar-refractivity contribution in [3.8, 4) is 11.5 Å². The summed E-state index contributed by atoms with van der Waals surface area (Å²) in [6.45, 7) is -0.680. The minimum atomic E-state index is -1.13. The zero-order valence-corrected chi connectivity index (χ0v) is 8.87. The maximum Gasteiger partial charge on any atom is 0.339 e. The van der Waals surface area contributed by atoms with E-state index in [2.05, 4.69) is 0 Å². The monoisotopic (exact) mass is 240 g/mol. The fourth-order valence-electron chi connectivity index (χ4n) is 1.67. The number of fused-ring (bicyclic) bond motifs is 1. The first-order valence-electron chi connectivity index (χ1n) is 5.08. The molecule has 0 saturated heterocycles. The molecule has 0 amide bonds. The molecule has 1 heterocycles. The van der Waals surface area contributed by atoms with Crippen molar-refractivity contribution in [2.75, 3.05) is 13.2 Å². The van der Waals surface area contributed by atoms with Crippen LogP contribution >= 0.6 is 0 Å². The van der Waals surface area contributed by atoms with E-state index in [1.807, 2.05) is 0 Å². The van der Waals surface area contributed by atoms with Gasteiger partial charge in [0.2, 0.25) is 0 Å². The van der Waals surface area contributed by atoms with Gasteiger partial charge in [0.05, 0.1) is 13.2 Å². The van der Waals surface area contributed by atoms with Crippen molar-refractivity contribution in [3.63, 3.8) is 0 Å². The Labute approximate surface area is 97.0 Å². The Morgan fingerprint density at radius 3 is 2.41 bits per heavy atom. The van der Waals surface area contributed by atoms with Gasteiger partial charge in [-0.15, -0.1) is 0 Å². The van der Waals surface area contributed by atoms with E-state index in [1.165, 1.54) is 12.1 Å². The number of hydrogen-bond donors (Lipinski definition) is 3. The minimum Gasteiger partial charge on any atom is -0.480 e. The molecule has 1 aliphatic rings. The van der Waals surface area contributed by atoms with Crippen LogP contribution in [0.25, 0.3) is 0 Å². The number of carboxylic acids is 1. The minimum absolute atomic E-state index is 0.0302. The summed E-state index contributed by atoms with van der Waals surface area (Å²) in [4.78, 5) is 11.0. The average molecular weight is 240 g/mol. The topological polar surface area (TPSA) is 96.2 Å². The molecule has 0 bridgehead atoms. The van der Waals surface area contributed by atoms with E-state index < -0.39 is 18.2 Å². The number of aromatic carboxylic acids is 1. The van der Waals surface area contributed by atoms with E-state index in [0.717, 1.165) is 0 Å². The van der Waals surface area contributed by atoms with E-state index in [-0.39, 0.29) is 30.3 Å². The fraction of sp³-hybridized carbons (Fsp3) is 0.364. The van der Waals surface area contributed by atoms with Gasteiger partial charge in [-0.2, -0.15) is 0 Å². The van der Waals surface area contributed by atoms with Crippen LogP contribution in [-0.2, 0) is 0 Å². The molecule has 1 aliphatic heterocycles. The summed E-state index contributed by atoms with van der Waals surface area (Å²) in [5.74, 6) is -0.790. The molecule has 0 unspecified atom stereocenters. The Balaban J connectivity index is 2.41. The summed E-state index contributed by atoms with van der Waals surface area (Å²) >= 11 is 0. The smallest absolute Gasteiger partial charge is 0.339 e. The normalized spacial score (nSPS) is 22.2. The van der Waals surface area contributed by atoms with E-state index in [1.54, 1.807) is 6.07 Å². The van der Waals surface area contributed by atoms with Gasteiger partial charge in [-0.25, -0.2) is 4.79 Å². The molecular formula is C11H12O6. The van der Waals surface area contributed by atoms with Crippen molar-refractivity contribution in [3.05, 3.63) is 23.8 Å². The Bertz CT molecular complexity index is 430. The molecule has 0 fully saturated rings. The van der Waals surface area contributed by atoms with Crippen LogP contribution in [0.5, 0.6) is 11.5 Å². The molecule has 3 N–H and O–H groups in total. The lowest BCUT2D eigenvalue weighted by Gasteiger charge is -2.32. The van der Waals surface area contributed by atoms with Crippen molar-refractivity contribution in [2.45, 2.75) is 12.2 Å². The van der Waals surface area contributed by atoms with Gasteiger partial charge < -0.3 is 24.8 Å². The predicted octanol–water partition coefficient (Wildman–Crippen LogP) is -0.122. The largest absolute Gasteiger partial charge is 0.480 e. The third-order valence-corrected chi connectivity index (χ3v) is 2.53. The van der Waals surface area contributed by atoms with Crippen LogP contribution in [-0.4, -0.2) is 46.7 Å². The van der Waals surface area contributed by atoms with Crippen molar-refractivity contribution < 1.29 is 29.6 Å². The average Bonchev–Trinajstić information content (AvgIpc) is 2.35. The van der Waals surface area contributed by atoms with E-state index in [4.69, 9.17) is 24.8 Å². The molecule has 0 aromatic heterocycles. The zero-order chi connectivity index (χ0) is 12.4. The summed E-state index contributed by atoms with van der Waals surface area (Å²) in [6.07, 6.45) is -1.47. The zero-order valence-electron chi connectivity index (χ0n) is 8.87. The molecule has 1 aromatic carbocycles. The summed E-state index contributed by atoms with van der Waals surface area (Å²) in [5.41, 5.74) is -0.0302. The second-order valence-electron chi connectivity index (χ2n) is 3.62. The Kier molecular flexibility index (Phi) is 3.16. The van der Waals surface area contributed by atoms with Crippen molar-refractivity contribution in [2.24, 2.45) is 0 Å². The molecule has 0 saturated carbocycles. The fourth-order valence-corrected chi connectivity index (χ4v) is 1.67. The van der Waals surface area contributed by atoms with E-state index in [9.17, 15) is 4.79 Å². The van der Waals surface area contributed by atoms with Gasteiger partial charge in [-0.05, 0) is 12.1 Å². The van der Waals surface area contributed by atoms with Gasteiger partial charge in [0.1, 0.15) is 5.56 Å². The lowest BCUT2D eigenvalue weighted by molar-refractivity contribution is -0.0356. The van der Waals surface area contributed by atoms with Gasteiger partial charge in [0, 0.05) is 0 Å². The highest BCUT2D eigenvalue weighted by Crippen LogP contribution is 2.37. The lowest BCUT2D eigenvalue weighted by Crippen LogP contribution is -2.44. The SMILES string of the molecule is O=C(O)c1cccc2c1O[C@@H](CO)[C@H](CO)O2. The summed E-state index contributed by atoms with van der Waals surface area (Å²) in [7, 11) is 0. The van der Waals surface area contributed by atoms with E-state index in [0.29, 0.717) is 0 Å². The van der Waals surface area contributed by atoms with Gasteiger partial charge in [0.15, 0.2) is 23.7 Å².